The molecule has 16 heavy (non-hydrogen) atoms. The van der Waals surface area contributed by atoms with Crippen LogP contribution >= 0.6 is 0 Å². The Bertz CT molecular complexity index is 309. The molecule has 0 bridgehead atoms. The van der Waals surface area contributed by atoms with E-state index < -0.39 is 0 Å². The third kappa shape index (κ3) is 3.45. The van der Waals surface area contributed by atoms with E-state index in [4.69, 9.17) is 4.74 Å². The fourth-order valence-electron chi connectivity index (χ4n) is 1.95. The molecule has 1 N–H and O–H groups in total. The van der Waals surface area contributed by atoms with Gasteiger partial charge >= 0.3 is 0 Å². The van der Waals surface area contributed by atoms with Gasteiger partial charge in [-0.2, -0.15) is 0 Å². The zero-order valence-corrected chi connectivity index (χ0v) is 9.29. The number of hydrogen-bond donors (Lipinski definition) is 1. The Morgan fingerprint density at radius 1 is 1.50 bits per heavy atom. The third-order valence-electron chi connectivity index (χ3n) is 2.88. The van der Waals surface area contributed by atoms with Gasteiger partial charge in [-0.05, 0) is 44.3 Å². The van der Waals surface area contributed by atoms with Crippen LogP contribution in [0.3, 0.4) is 0 Å². The Balaban J connectivity index is 1.69. The number of piperidine rings is 1. The Kier molecular flexibility index (Phi) is 4.10. The lowest BCUT2D eigenvalue weighted by Crippen LogP contribution is -2.30. The second-order valence-corrected chi connectivity index (χ2v) is 4.16. The van der Waals surface area contributed by atoms with Crippen molar-refractivity contribution >= 4 is 0 Å². The summed E-state index contributed by atoms with van der Waals surface area (Å²) in [5.41, 5.74) is 0. The van der Waals surface area contributed by atoms with Crippen LogP contribution in [-0.2, 0) is 0 Å². The summed E-state index contributed by atoms with van der Waals surface area (Å²) in [6, 6.07) is 2.93. The summed E-state index contributed by atoms with van der Waals surface area (Å²) in [5.74, 6) is 0.878. The van der Waals surface area contributed by atoms with Crippen molar-refractivity contribution in [3.05, 3.63) is 24.1 Å². The van der Waals surface area contributed by atoms with E-state index in [2.05, 4.69) is 10.3 Å². The van der Waals surface area contributed by atoms with Gasteiger partial charge in [0.05, 0.1) is 12.8 Å². The van der Waals surface area contributed by atoms with Crippen LogP contribution in [0.25, 0.3) is 0 Å². The van der Waals surface area contributed by atoms with Gasteiger partial charge in [-0.15, -0.1) is 0 Å². The molecule has 2 heterocycles. The summed E-state index contributed by atoms with van der Waals surface area (Å²) in [5, 5.41) is 3.37. The van der Waals surface area contributed by atoms with Crippen LogP contribution in [0.2, 0.25) is 0 Å². The van der Waals surface area contributed by atoms with Gasteiger partial charge in [0.1, 0.15) is 5.82 Å². The van der Waals surface area contributed by atoms with Crippen LogP contribution in [0.4, 0.5) is 4.39 Å². The zero-order chi connectivity index (χ0) is 11.2. The summed E-state index contributed by atoms with van der Waals surface area (Å²) in [6.07, 6.45) is 4.73. The Morgan fingerprint density at radius 2 is 2.44 bits per heavy atom. The minimum atomic E-state index is -0.330. The van der Waals surface area contributed by atoms with Gasteiger partial charge < -0.3 is 10.1 Å². The number of halogens is 1. The number of pyridine rings is 1. The standard InChI is InChI=1S/C12H17FN2O/c13-11-3-4-12(15-9-11)16-7-5-10-2-1-6-14-8-10/h3-4,9-10,14H,1-2,5-8H2. The molecule has 1 atom stereocenters. The van der Waals surface area contributed by atoms with Crippen LogP contribution < -0.4 is 10.1 Å². The largest absolute Gasteiger partial charge is 0.478 e. The fraction of sp³-hybridized carbons (Fsp3) is 0.583. The van der Waals surface area contributed by atoms with Crippen molar-refractivity contribution in [2.75, 3.05) is 19.7 Å². The molecular formula is C12H17FN2O. The highest BCUT2D eigenvalue weighted by Gasteiger charge is 2.12. The average Bonchev–Trinajstić information content (AvgIpc) is 2.33. The molecule has 2 rings (SSSR count). The quantitative estimate of drug-likeness (QED) is 0.849. The Hall–Kier alpha value is -1.16. The second-order valence-electron chi connectivity index (χ2n) is 4.16. The topological polar surface area (TPSA) is 34.1 Å². The maximum absolute atomic E-state index is 12.6. The Morgan fingerprint density at radius 3 is 3.12 bits per heavy atom. The molecular weight excluding hydrogens is 207 g/mol. The average molecular weight is 224 g/mol. The number of nitrogens with zero attached hydrogens (tertiary/aromatic N) is 1. The summed E-state index contributed by atoms with van der Waals surface area (Å²) in [6.45, 7) is 2.88. The lowest BCUT2D eigenvalue weighted by atomic mass is 9.97. The van der Waals surface area contributed by atoms with E-state index in [0.29, 0.717) is 18.4 Å². The summed E-state index contributed by atoms with van der Waals surface area (Å²) >= 11 is 0. The fourth-order valence-corrected chi connectivity index (χ4v) is 1.95. The van der Waals surface area contributed by atoms with Crippen molar-refractivity contribution < 1.29 is 9.13 Å². The smallest absolute Gasteiger partial charge is 0.213 e. The van der Waals surface area contributed by atoms with Crippen LogP contribution in [0.5, 0.6) is 5.88 Å². The van der Waals surface area contributed by atoms with Crippen molar-refractivity contribution in [2.24, 2.45) is 5.92 Å². The van der Waals surface area contributed by atoms with E-state index in [1.165, 1.54) is 25.1 Å². The van der Waals surface area contributed by atoms with E-state index >= 15 is 0 Å². The van der Waals surface area contributed by atoms with Crippen LogP contribution in [-0.4, -0.2) is 24.7 Å². The maximum Gasteiger partial charge on any atom is 0.213 e. The number of rotatable bonds is 4. The van der Waals surface area contributed by atoms with E-state index in [-0.39, 0.29) is 5.82 Å². The molecule has 1 aromatic heterocycles. The molecule has 1 fully saturated rings. The molecule has 88 valence electrons. The number of aromatic nitrogens is 1. The van der Waals surface area contributed by atoms with E-state index in [9.17, 15) is 4.39 Å². The van der Waals surface area contributed by atoms with Gasteiger partial charge in [0.25, 0.3) is 0 Å². The second kappa shape index (κ2) is 5.80. The molecule has 1 aromatic rings. The molecule has 1 saturated heterocycles. The molecule has 1 aliphatic heterocycles. The molecule has 3 nitrogen and oxygen atoms in total. The van der Waals surface area contributed by atoms with Crippen LogP contribution in [0.15, 0.2) is 18.3 Å². The molecule has 0 saturated carbocycles. The summed E-state index contributed by atoms with van der Waals surface area (Å²) < 4.78 is 18.0. The molecule has 1 aliphatic rings. The Labute approximate surface area is 95.0 Å². The van der Waals surface area contributed by atoms with E-state index in [1.807, 2.05) is 0 Å². The first kappa shape index (κ1) is 11.3. The van der Waals surface area contributed by atoms with Crippen molar-refractivity contribution in [2.45, 2.75) is 19.3 Å². The molecule has 0 aliphatic carbocycles. The SMILES string of the molecule is Fc1ccc(OCCC2CCCNC2)nc1. The molecule has 4 heteroatoms. The van der Waals surface area contributed by atoms with E-state index in [0.717, 1.165) is 19.5 Å². The minimum absolute atomic E-state index is 0.330. The van der Waals surface area contributed by atoms with Gasteiger partial charge in [-0.3, -0.25) is 0 Å². The molecule has 0 radical (unpaired) electrons. The maximum atomic E-state index is 12.6. The summed E-state index contributed by atoms with van der Waals surface area (Å²) in [7, 11) is 0. The van der Waals surface area contributed by atoms with Gasteiger partial charge in [0.15, 0.2) is 0 Å². The number of ether oxygens (including phenoxy) is 1. The minimum Gasteiger partial charge on any atom is -0.478 e. The van der Waals surface area contributed by atoms with Crippen molar-refractivity contribution in [1.29, 1.82) is 0 Å². The molecule has 1 unspecified atom stereocenters. The third-order valence-corrected chi connectivity index (χ3v) is 2.88. The highest BCUT2D eigenvalue weighted by atomic mass is 19.1. The predicted octanol–water partition coefficient (Wildman–Crippen LogP) is 1.99. The molecule has 0 aromatic carbocycles. The first-order valence-corrected chi connectivity index (χ1v) is 5.79. The first-order chi connectivity index (χ1) is 7.84. The van der Waals surface area contributed by atoms with Gasteiger partial charge in [0.2, 0.25) is 5.88 Å². The van der Waals surface area contributed by atoms with Gasteiger partial charge in [-0.25, -0.2) is 9.37 Å². The van der Waals surface area contributed by atoms with Gasteiger partial charge in [0, 0.05) is 6.07 Å². The number of nitrogens with one attached hydrogen (secondary N) is 1. The lowest BCUT2D eigenvalue weighted by Gasteiger charge is -2.22. The lowest BCUT2D eigenvalue weighted by molar-refractivity contribution is 0.247. The van der Waals surface area contributed by atoms with E-state index in [1.54, 1.807) is 6.07 Å². The first-order valence-electron chi connectivity index (χ1n) is 5.79. The predicted molar refractivity (Wildman–Crippen MR) is 59.9 cm³/mol. The highest BCUT2D eigenvalue weighted by molar-refractivity contribution is 5.10. The van der Waals surface area contributed by atoms with Crippen molar-refractivity contribution in [3.8, 4) is 5.88 Å². The number of hydrogen-bond acceptors (Lipinski definition) is 3. The zero-order valence-electron chi connectivity index (χ0n) is 9.29. The van der Waals surface area contributed by atoms with Crippen molar-refractivity contribution in [1.82, 2.24) is 10.3 Å². The van der Waals surface area contributed by atoms with Crippen LogP contribution in [0, 0.1) is 11.7 Å². The summed E-state index contributed by atoms with van der Waals surface area (Å²) in [4.78, 5) is 3.85. The van der Waals surface area contributed by atoms with Gasteiger partial charge in [-0.1, -0.05) is 0 Å². The molecule has 0 spiro atoms. The normalized spacial score (nSPS) is 20.7. The molecule has 0 amide bonds. The monoisotopic (exact) mass is 224 g/mol. The highest BCUT2D eigenvalue weighted by Crippen LogP contribution is 2.14. The van der Waals surface area contributed by atoms with Crippen LogP contribution in [0.1, 0.15) is 19.3 Å². The van der Waals surface area contributed by atoms with Crippen molar-refractivity contribution in [3.63, 3.8) is 0 Å².